The Kier molecular flexibility index (Phi) is 5.17. The van der Waals surface area contributed by atoms with Gasteiger partial charge in [-0.3, -0.25) is 9.00 Å². The molecule has 0 aromatic heterocycles. The number of anilines is 2. The van der Waals surface area contributed by atoms with Gasteiger partial charge in [0.15, 0.2) is 0 Å². The lowest BCUT2D eigenvalue weighted by molar-refractivity contribution is -0.115. The maximum atomic E-state index is 12.0. The molecule has 1 aliphatic carbocycles. The van der Waals surface area contributed by atoms with E-state index in [0.29, 0.717) is 23.1 Å². The van der Waals surface area contributed by atoms with Crippen molar-refractivity contribution in [3.05, 3.63) is 23.8 Å². The van der Waals surface area contributed by atoms with E-state index in [-0.39, 0.29) is 5.91 Å². The van der Waals surface area contributed by atoms with E-state index < -0.39 is 10.8 Å². The number of rotatable bonds is 5. The maximum Gasteiger partial charge on any atom is 0.225 e. The van der Waals surface area contributed by atoms with Gasteiger partial charge in [-0.2, -0.15) is 0 Å². The number of amides is 1. The minimum atomic E-state index is -0.869. The molecule has 5 heteroatoms. The summed E-state index contributed by atoms with van der Waals surface area (Å²) in [7, 11) is -0.869. The molecule has 4 nitrogen and oxygen atoms in total. The number of hydrogen-bond donors (Lipinski definition) is 2. The minimum Gasteiger partial charge on any atom is -0.399 e. The fraction of sp³-hybridized carbons (Fsp3) is 0.533. The smallest absolute Gasteiger partial charge is 0.225 e. The molecule has 1 aromatic rings. The molecule has 3 N–H and O–H groups in total. The lowest BCUT2D eigenvalue weighted by Crippen LogP contribution is -2.20. The van der Waals surface area contributed by atoms with Crippen molar-refractivity contribution in [2.75, 3.05) is 16.8 Å². The van der Waals surface area contributed by atoms with Crippen molar-refractivity contribution in [2.24, 2.45) is 0 Å². The van der Waals surface area contributed by atoms with Crippen LogP contribution in [0.5, 0.6) is 0 Å². The number of hydrogen-bond acceptors (Lipinski definition) is 3. The summed E-state index contributed by atoms with van der Waals surface area (Å²) in [5.74, 6) is 0.364. The number of carbonyl (C=O) groups excluding carboxylic acids is 1. The zero-order chi connectivity index (χ0) is 14.5. The van der Waals surface area contributed by atoms with E-state index >= 15 is 0 Å². The fourth-order valence-corrected chi connectivity index (χ4v) is 4.08. The fourth-order valence-electron chi connectivity index (χ4n) is 2.50. The van der Waals surface area contributed by atoms with Gasteiger partial charge in [-0.25, -0.2) is 0 Å². The molecule has 1 unspecified atom stereocenters. The summed E-state index contributed by atoms with van der Waals surface area (Å²) in [6.07, 6.45) is 4.73. The molecule has 20 heavy (non-hydrogen) atoms. The van der Waals surface area contributed by atoms with Gasteiger partial charge in [0, 0.05) is 39.6 Å². The molecule has 2 rings (SSSR count). The molecule has 0 bridgehead atoms. The van der Waals surface area contributed by atoms with Crippen molar-refractivity contribution in [1.29, 1.82) is 0 Å². The number of carbonyl (C=O) groups is 1. The van der Waals surface area contributed by atoms with Crippen molar-refractivity contribution in [3.63, 3.8) is 0 Å². The van der Waals surface area contributed by atoms with Crippen LogP contribution in [0.25, 0.3) is 0 Å². The van der Waals surface area contributed by atoms with Gasteiger partial charge in [-0.1, -0.05) is 18.9 Å². The number of nitrogens with one attached hydrogen (secondary N) is 1. The van der Waals surface area contributed by atoms with Gasteiger partial charge < -0.3 is 11.1 Å². The van der Waals surface area contributed by atoms with Crippen LogP contribution < -0.4 is 11.1 Å². The van der Waals surface area contributed by atoms with Crippen LogP contribution in [0.2, 0.25) is 0 Å². The number of aryl methyl sites for hydroxylation is 1. The van der Waals surface area contributed by atoms with Crippen molar-refractivity contribution >= 4 is 28.1 Å². The lowest BCUT2D eigenvalue weighted by atomic mass is 10.2. The van der Waals surface area contributed by atoms with E-state index in [1.165, 1.54) is 12.8 Å². The summed E-state index contributed by atoms with van der Waals surface area (Å²) >= 11 is 0. The van der Waals surface area contributed by atoms with Crippen LogP contribution in [0.15, 0.2) is 18.2 Å². The number of nitrogens with two attached hydrogens (primary N) is 1. The summed E-state index contributed by atoms with van der Waals surface area (Å²) in [6, 6.07) is 5.43. The molecule has 0 aliphatic heterocycles. The Morgan fingerprint density at radius 2 is 2.10 bits per heavy atom. The quantitative estimate of drug-likeness (QED) is 0.820. The second-order valence-corrected chi connectivity index (χ2v) is 7.20. The minimum absolute atomic E-state index is 0.0925. The number of benzene rings is 1. The highest BCUT2D eigenvalue weighted by molar-refractivity contribution is 7.85. The Hall–Kier alpha value is -1.36. The highest BCUT2D eigenvalue weighted by atomic mass is 32.2. The van der Waals surface area contributed by atoms with Gasteiger partial charge in [-0.05, 0) is 37.5 Å². The lowest BCUT2D eigenvalue weighted by Gasteiger charge is -2.11. The Morgan fingerprint density at radius 1 is 1.40 bits per heavy atom. The van der Waals surface area contributed by atoms with Crippen molar-refractivity contribution < 1.29 is 9.00 Å². The molecule has 1 fully saturated rings. The Labute approximate surface area is 122 Å². The summed E-state index contributed by atoms with van der Waals surface area (Å²) in [5, 5.41) is 3.15. The third kappa shape index (κ3) is 4.07. The monoisotopic (exact) mass is 294 g/mol. The first-order valence-electron chi connectivity index (χ1n) is 7.09. The van der Waals surface area contributed by atoms with Crippen LogP contribution in [-0.4, -0.2) is 21.1 Å². The van der Waals surface area contributed by atoms with Gasteiger partial charge in [0.1, 0.15) is 0 Å². The summed E-state index contributed by atoms with van der Waals surface area (Å²) in [5.41, 5.74) is 8.05. The van der Waals surface area contributed by atoms with Crippen LogP contribution in [0.1, 0.15) is 37.7 Å². The summed E-state index contributed by atoms with van der Waals surface area (Å²) < 4.78 is 12.0. The second-order valence-electron chi connectivity index (χ2n) is 5.36. The normalized spacial score (nSPS) is 17.1. The zero-order valence-corrected chi connectivity index (χ0v) is 12.7. The highest BCUT2D eigenvalue weighted by Crippen LogP contribution is 2.23. The van der Waals surface area contributed by atoms with Crippen LogP contribution in [0.4, 0.5) is 11.4 Å². The van der Waals surface area contributed by atoms with Crippen molar-refractivity contribution in [2.45, 2.75) is 44.3 Å². The molecule has 1 aliphatic rings. The summed E-state index contributed by atoms with van der Waals surface area (Å²) in [4.78, 5) is 11.9. The molecule has 1 saturated carbocycles. The predicted octanol–water partition coefficient (Wildman–Crippen LogP) is 2.60. The molecular formula is C15H22N2O2S. The third-order valence-electron chi connectivity index (χ3n) is 3.74. The Morgan fingerprint density at radius 3 is 2.80 bits per heavy atom. The predicted molar refractivity (Wildman–Crippen MR) is 84.1 cm³/mol. The van der Waals surface area contributed by atoms with Gasteiger partial charge in [0.2, 0.25) is 5.91 Å². The molecule has 0 heterocycles. The average Bonchev–Trinajstić information content (AvgIpc) is 2.94. The van der Waals surface area contributed by atoms with Gasteiger partial charge >= 0.3 is 0 Å². The van der Waals surface area contributed by atoms with Gasteiger partial charge in [-0.15, -0.1) is 0 Å². The van der Waals surface area contributed by atoms with E-state index in [9.17, 15) is 9.00 Å². The number of nitrogen functional groups attached to an aromatic ring is 1. The van der Waals surface area contributed by atoms with Crippen LogP contribution in [0.3, 0.4) is 0 Å². The summed E-state index contributed by atoms with van der Waals surface area (Å²) in [6.45, 7) is 1.92. The molecule has 110 valence electrons. The van der Waals surface area contributed by atoms with Gasteiger partial charge in [0.05, 0.1) is 0 Å². The first-order chi connectivity index (χ1) is 9.56. The maximum absolute atomic E-state index is 12.0. The van der Waals surface area contributed by atoms with Gasteiger partial charge in [0.25, 0.3) is 0 Å². The van der Waals surface area contributed by atoms with E-state index in [1.54, 1.807) is 12.1 Å². The van der Waals surface area contributed by atoms with Crippen LogP contribution >= 0.6 is 0 Å². The molecule has 0 radical (unpaired) electrons. The van der Waals surface area contributed by atoms with Crippen LogP contribution in [-0.2, 0) is 15.6 Å². The highest BCUT2D eigenvalue weighted by Gasteiger charge is 2.21. The van der Waals surface area contributed by atoms with E-state index in [2.05, 4.69) is 5.32 Å². The Balaban J connectivity index is 1.83. The standard InChI is InChI=1S/C15H22N2O2S/c1-11-6-7-12(16)10-14(11)17-15(18)8-9-20(19)13-4-2-3-5-13/h6-7,10,13H,2-5,8-9,16H2,1H3,(H,17,18). The zero-order valence-electron chi connectivity index (χ0n) is 11.9. The molecule has 0 spiro atoms. The first kappa shape index (κ1) is 15.0. The second kappa shape index (κ2) is 6.88. The molecule has 1 atom stereocenters. The first-order valence-corrected chi connectivity index (χ1v) is 8.47. The molecular weight excluding hydrogens is 272 g/mol. The topological polar surface area (TPSA) is 72.2 Å². The van der Waals surface area contributed by atoms with Crippen LogP contribution in [0, 0.1) is 6.92 Å². The molecule has 1 aromatic carbocycles. The van der Waals surface area contributed by atoms with E-state index in [4.69, 9.17) is 5.73 Å². The molecule has 1 amide bonds. The average molecular weight is 294 g/mol. The molecule has 0 saturated heterocycles. The van der Waals surface area contributed by atoms with E-state index in [0.717, 1.165) is 24.1 Å². The SMILES string of the molecule is Cc1ccc(N)cc1NC(=O)CCS(=O)C1CCCC1. The van der Waals surface area contributed by atoms with Crippen molar-refractivity contribution in [1.82, 2.24) is 0 Å². The van der Waals surface area contributed by atoms with E-state index in [1.807, 2.05) is 13.0 Å². The third-order valence-corrected chi connectivity index (χ3v) is 5.56. The largest absolute Gasteiger partial charge is 0.399 e. The Bertz CT molecular complexity index is 511. The van der Waals surface area contributed by atoms with Crippen molar-refractivity contribution in [3.8, 4) is 0 Å².